The summed E-state index contributed by atoms with van der Waals surface area (Å²) in [6.45, 7) is 8.87. The Bertz CT molecular complexity index is 1290. The van der Waals surface area contributed by atoms with E-state index in [2.05, 4.69) is 15.5 Å². The third-order valence-corrected chi connectivity index (χ3v) is 7.56. The zero-order chi connectivity index (χ0) is 29.9. The molecule has 2 heterocycles. The third-order valence-electron chi connectivity index (χ3n) is 7.56. The van der Waals surface area contributed by atoms with Gasteiger partial charge in [0.15, 0.2) is 0 Å². The van der Waals surface area contributed by atoms with Crippen molar-refractivity contribution in [2.24, 2.45) is 0 Å². The van der Waals surface area contributed by atoms with Gasteiger partial charge < -0.3 is 29.6 Å². The molecule has 2 aliphatic heterocycles. The molecule has 0 radical (unpaired) electrons. The number of methoxy groups -OCH3 is 1. The van der Waals surface area contributed by atoms with E-state index in [1.165, 1.54) is 0 Å². The Hall–Kier alpha value is -3.89. The van der Waals surface area contributed by atoms with Gasteiger partial charge in [-0.05, 0) is 63.8 Å². The summed E-state index contributed by atoms with van der Waals surface area (Å²) in [4.78, 5) is 40.4. The van der Waals surface area contributed by atoms with Crippen molar-refractivity contribution in [1.82, 2.24) is 4.90 Å². The van der Waals surface area contributed by atoms with Gasteiger partial charge in [0, 0.05) is 36.3 Å². The number of carbonyl (C=O) groups is 3. The number of nitrogens with one attached hydrogen (secondary N) is 2. The van der Waals surface area contributed by atoms with E-state index in [-0.39, 0.29) is 19.0 Å². The zero-order valence-electron chi connectivity index (χ0n) is 24.8. The number of para-hydroxylation sites is 1. The van der Waals surface area contributed by atoms with E-state index in [0.717, 1.165) is 56.8 Å². The zero-order valence-corrected chi connectivity index (χ0v) is 24.8. The summed E-state index contributed by atoms with van der Waals surface area (Å²) in [6, 6.07) is 8.57. The molecule has 1 fully saturated rings. The number of benzene rings is 2. The highest BCUT2D eigenvalue weighted by Gasteiger charge is 2.32. The fraction of sp³-hybridized carbons (Fsp3) is 0.469. The first-order valence-electron chi connectivity index (χ1n) is 14.5. The smallest absolute Gasteiger partial charge is 0.341 e. The highest BCUT2D eigenvalue weighted by atomic mass is 16.5. The molecule has 0 aliphatic carbocycles. The molecule has 0 saturated carbocycles. The fourth-order valence-electron chi connectivity index (χ4n) is 5.19. The van der Waals surface area contributed by atoms with E-state index in [9.17, 15) is 14.4 Å². The average Bonchev–Trinajstić information content (AvgIpc) is 3.39. The minimum absolute atomic E-state index is 0.121. The molecule has 226 valence electrons. The van der Waals surface area contributed by atoms with Crippen LogP contribution in [0.1, 0.15) is 59.7 Å². The quantitative estimate of drug-likeness (QED) is 0.188. The molecule has 42 heavy (non-hydrogen) atoms. The minimum Gasteiger partial charge on any atom is -0.496 e. The monoisotopic (exact) mass is 579 g/mol. The van der Waals surface area contributed by atoms with Crippen molar-refractivity contribution in [3.63, 3.8) is 0 Å². The predicted octanol–water partition coefficient (Wildman–Crippen LogP) is 5.24. The summed E-state index contributed by atoms with van der Waals surface area (Å²) in [6.07, 6.45) is 5.02. The Kier molecular flexibility index (Phi) is 11.4. The summed E-state index contributed by atoms with van der Waals surface area (Å²) in [5.74, 6) is -0.120. The van der Waals surface area contributed by atoms with Crippen LogP contribution in [-0.2, 0) is 32.0 Å². The highest BCUT2D eigenvalue weighted by Crippen LogP contribution is 2.41. The maximum absolute atomic E-state index is 13.0. The number of unbranched alkanes of at least 4 members (excludes halogenated alkanes) is 1. The molecule has 0 aromatic heterocycles. The number of fused-ring (bicyclic) bond motifs is 1. The number of hydrogen-bond donors (Lipinski definition) is 2. The van der Waals surface area contributed by atoms with E-state index in [1.807, 2.05) is 38.1 Å². The maximum Gasteiger partial charge on any atom is 0.341 e. The largest absolute Gasteiger partial charge is 0.496 e. The van der Waals surface area contributed by atoms with Crippen LogP contribution in [0, 0.1) is 6.92 Å². The number of rotatable bonds is 13. The second-order valence-electron chi connectivity index (χ2n) is 10.5. The molecule has 0 atom stereocenters. The summed E-state index contributed by atoms with van der Waals surface area (Å²) >= 11 is 0. The van der Waals surface area contributed by atoms with Gasteiger partial charge in [0.05, 0.1) is 38.2 Å². The summed E-state index contributed by atoms with van der Waals surface area (Å²) < 4.78 is 21.9. The second kappa shape index (κ2) is 15.4. The number of morpholine rings is 1. The van der Waals surface area contributed by atoms with Crippen LogP contribution in [0.3, 0.4) is 0 Å². The molecule has 2 aromatic rings. The molecule has 0 bridgehead atoms. The van der Waals surface area contributed by atoms with Gasteiger partial charge in [-0.2, -0.15) is 0 Å². The Morgan fingerprint density at radius 1 is 1.07 bits per heavy atom. The first-order chi connectivity index (χ1) is 20.4. The summed E-state index contributed by atoms with van der Waals surface area (Å²) in [5, 5.41) is 5.67. The Morgan fingerprint density at radius 3 is 2.57 bits per heavy atom. The third kappa shape index (κ3) is 8.33. The van der Waals surface area contributed by atoms with Crippen molar-refractivity contribution in [2.75, 3.05) is 57.2 Å². The molecule has 2 aromatic carbocycles. The lowest BCUT2D eigenvalue weighted by Gasteiger charge is -2.26. The predicted molar refractivity (Wildman–Crippen MR) is 160 cm³/mol. The number of esters is 2. The summed E-state index contributed by atoms with van der Waals surface area (Å²) in [7, 11) is 1.57. The van der Waals surface area contributed by atoms with Gasteiger partial charge in [0.1, 0.15) is 12.4 Å². The van der Waals surface area contributed by atoms with Crippen LogP contribution in [0.25, 0.3) is 0 Å². The van der Waals surface area contributed by atoms with Crippen LogP contribution in [0.2, 0.25) is 0 Å². The first-order valence-corrected chi connectivity index (χ1v) is 14.5. The van der Waals surface area contributed by atoms with Gasteiger partial charge in [0.25, 0.3) is 0 Å². The lowest BCUT2D eigenvalue weighted by molar-refractivity contribution is -0.143. The van der Waals surface area contributed by atoms with Gasteiger partial charge >= 0.3 is 18.0 Å². The Morgan fingerprint density at radius 2 is 1.83 bits per heavy atom. The molecule has 2 amide bonds. The second-order valence-corrected chi connectivity index (χ2v) is 10.5. The van der Waals surface area contributed by atoms with E-state index >= 15 is 0 Å². The van der Waals surface area contributed by atoms with Gasteiger partial charge in [-0.3, -0.25) is 9.69 Å². The number of allylic oxidation sites excluding steroid dienone is 2. The number of ether oxygens (including phenoxy) is 4. The van der Waals surface area contributed by atoms with Gasteiger partial charge in [0.2, 0.25) is 0 Å². The average molecular weight is 580 g/mol. The Labute approximate surface area is 247 Å². The molecule has 0 spiro atoms. The first kappa shape index (κ1) is 31.1. The fourth-order valence-corrected chi connectivity index (χ4v) is 5.19. The van der Waals surface area contributed by atoms with Crippen molar-refractivity contribution in [3.8, 4) is 5.75 Å². The number of carbonyl (C=O) groups excluding carboxylic acids is 3. The highest BCUT2D eigenvalue weighted by molar-refractivity contribution is 6.08. The maximum atomic E-state index is 13.0. The molecule has 4 rings (SSSR count). The standard InChI is InChI=1S/C32H41N3O7/c1-22(12-14-27(36)41-18-8-7-15-35-16-19-40-20-17-35)11-13-25-29(34-32(38)33-24-9-5-4-6-10-24)28-26(21-42-31(28)37)23(2)30(25)39-3/h4-6,9-11H,7-8,12-21H2,1-3H3,(H2,33,34,38). The number of amides is 2. The van der Waals surface area contributed by atoms with Crippen LogP contribution in [0.5, 0.6) is 5.75 Å². The Balaban J connectivity index is 1.37. The van der Waals surface area contributed by atoms with E-state index < -0.39 is 12.0 Å². The molecule has 0 unspecified atom stereocenters. The van der Waals surface area contributed by atoms with Crippen LogP contribution in [0.4, 0.5) is 16.2 Å². The van der Waals surface area contributed by atoms with Crippen molar-refractivity contribution in [2.45, 2.75) is 52.6 Å². The van der Waals surface area contributed by atoms with Crippen LogP contribution in [-0.4, -0.2) is 69.4 Å². The van der Waals surface area contributed by atoms with Crippen molar-refractivity contribution >= 4 is 29.3 Å². The molecule has 2 aliphatic rings. The molecule has 10 nitrogen and oxygen atoms in total. The van der Waals surface area contributed by atoms with Crippen LogP contribution in [0.15, 0.2) is 42.0 Å². The van der Waals surface area contributed by atoms with Gasteiger partial charge in [-0.15, -0.1) is 0 Å². The molecule has 1 saturated heterocycles. The molecular weight excluding hydrogens is 538 g/mol. The van der Waals surface area contributed by atoms with Gasteiger partial charge in [-0.25, -0.2) is 9.59 Å². The number of hydrogen-bond acceptors (Lipinski definition) is 8. The molecule has 2 N–H and O–H groups in total. The number of anilines is 2. The molecular formula is C32H41N3O7. The van der Waals surface area contributed by atoms with Crippen LogP contribution < -0.4 is 15.4 Å². The number of cyclic esters (lactones) is 1. The number of nitrogens with zero attached hydrogens (tertiary/aromatic N) is 1. The van der Waals surface area contributed by atoms with Crippen molar-refractivity contribution < 1.29 is 33.3 Å². The lowest BCUT2D eigenvalue weighted by atomic mass is 9.93. The van der Waals surface area contributed by atoms with E-state index in [0.29, 0.717) is 53.3 Å². The topological polar surface area (TPSA) is 115 Å². The lowest BCUT2D eigenvalue weighted by Crippen LogP contribution is -2.36. The van der Waals surface area contributed by atoms with E-state index in [1.54, 1.807) is 19.2 Å². The van der Waals surface area contributed by atoms with Crippen molar-refractivity contribution in [1.29, 1.82) is 0 Å². The normalized spacial score (nSPS) is 15.1. The molecule has 10 heteroatoms. The van der Waals surface area contributed by atoms with Crippen molar-refractivity contribution in [3.05, 3.63) is 64.2 Å². The van der Waals surface area contributed by atoms with Crippen LogP contribution >= 0.6 is 0 Å². The van der Waals surface area contributed by atoms with E-state index in [4.69, 9.17) is 18.9 Å². The van der Waals surface area contributed by atoms with Gasteiger partial charge in [-0.1, -0.05) is 29.8 Å². The minimum atomic E-state index is -0.486. The summed E-state index contributed by atoms with van der Waals surface area (Å²) in [5.41, 5.74) is 4.47. The SMILES string of the molecule is COc1c(C)c2c(c(NC(=O)Nc3ccccc3)c1CC=C(C)CCC(=O)OCCCCN1CCOCC1)C(=O)OC2. The number of urea groups is 1.